The van der Waals surface area contributed by atoms with Gasteiger partial charge in [0.15, 0.2) is 0 Å². The van der Waals surface area contributed by atoms with Crippen molar-refractivity contribution in [3.05, 3.63) is 46.1 Å². The van der Waals surface area contributed by atoms with Crippen molar-refractivity contribution in [3.63, 3.8) is 0 Å². The lowest BCUT2D eigenvalue weighted by molar-refractivity contribution is 0.0330. The number of aryl methyl sites for hydroxylation is 1. The highest BCUT2D eigenvalue weighted by Gasteiger charge is 2.25. The molecule has 0 N–H and O–H groups in total. The number of thiophene rings is 1. The summed E-state index contributed by atoms with van der Waals surface area (Å²) in [6, 6.07) is 7.17. The maximum atomic E-state index is 11.0. The minimum absolute atomic E-state index is 0.630. The average molecular weight is 424 g/mol. The largest absolute Gasteiger partial charge is 0.438 e. The molecular weight excluding hydrogens is 398 g/mol. The van der Waals surface area contributed by atoms with Crippen molar-refractivity contribution in [2.75, 3.05) is 26.3 Å². The number of ether oxygens (including phenoxy) is 2. The Kier molecular flexibility index (Phi) is 5.50. The monoisotopic (exact) mass is 423 g/mol. The fraction of sp³-hybridized carbons (Fsp3) is 0.435. The number of benzene rings is 1. The van der Waals surface area contributed by atoms with Gasteiger partial charge in [-0.2, -0.15) is 4.98 Å². The Morgan fingerprint density at radius 3 is 2.80 bits per heavy atom. The summed E-state index contributed by atoms with van der Waals surface area (Å²) in [5.41, 5.74) is 1.98. The molecule has 1 fully saturated rings. The minimum atomic E-state index is 0.630. The Morgan fingerprint density at radius 2 is 2.03 bits per heavy atom. The van der Waals surface area contributed by atoms with Gasteiger partial charge in [-0.1, -0.05) is 6.92 Å². The van der Waals surface area contributed by atoms with Crippen LogP contribution in [-0.4, -0.2) is 47.5 Å². The van der Waals surface area contributed by atoms with E-state index in [9.17, 15) is 4.79 Å². The first kappa shape index (κ1) is 19.6. The number of carbonyl (C=O) groups is 1. The van der Waals surface area contributed by atoms with Crippen LogP contribution in [-0.2, 0) is 24.1 Å². The van der Waals surface area contributed by atoms with E-state index in [0.717, 1.165) is 61.5 Å². The fourth-order valence-corrected chi connectivity index (χ4v) is 5.57. The lowest BCUT2D eigenvalue weighted by Gasteiger charge is -2.25. The van der Waals surface area contributed by atoms with Crippen molar-refractivity contribution in [2.45, 2.75) is 32.7 Å². The van der Waals surface area contributed by atoms with Gasteiger partial charge in [-0.25, -0.2) is 4.98 Å². The van der Waals surface area contributed by atoms with E-state index in [1.54, 1.807) is 23.5 Å². The fourth-order valence-electron chi connectivity index (χ4n) is 4.18. The van der Waals surface area contributed by atoms with Gasteiger partial charge in [0, 0.05) is 23.5 Å². The van der Waals surface area contributed by atoms with Gasteiger partial charge in [-0.05, 0) is 55.0 Å². The second kappa shape index (κ2) is 8.41. The number of fused-ring (bicyclic) bond motifs is 3. The topological polar surface area (TPSA) is 64.6 Å². The van der Waals surface area contributed by atoms with Gasteiger partial charge >= 0.3 is 0 Å². The smallest absolute Gasteiger partial charge is 0.231 e. The third kappa shape index (κ3) is 3.97. The molecule has 5 rings (SSSR count). The van der Waals surface area contributed by atoms with Gasteiger partial charge in [0.25, 0.3) is 0 Å². The van der Waals surface area contributed by atoms with Crippen LogP contribution < -0.4 is 4.74 Å². The molecule has 30 heavy (non-hydrogen) atoms. The lowest BCUT2D eigenvalue weighted by atomic mass is 9.89. The summed E-state index contributed by atoms with van der Waals surface area (Å²) in [6.07, 6.45) is 4.16. The molecule has 1 aliphatic carbocycles. The molecule has 6 nitrogen and oxygen atoms in total. The Bertz CT molecular complexity index is 1060. The van der Waals surface area contributed by atoms with Crippen LogP contribution in [0.15, 0.2) is 24.3 Å². The molecule has 2 aromatic heterocycles. The summed E-state index contributed by atoms with van der Waals surface area (Å²) < 4.78 is 11.7. The predicted octanol–water partition coefficient (Wildman–Crippen LogP) is 4.25. The molecule has 1 aliphatic heterocycles. The molecule has 3 heterocycles. The summed E-state index contributed by atoms with van der Waals surface area (Å²) in [7, 11) is 0. The average Bonchev–Trinajstić information content (AvgIpc) is 3.12. The van der Waals surface area contributed by atoms with Gasteiger partial charge in [0.05, 0.1) is 25.1 Å². The van der Waals surface area contributed by atoms with Crippen LogP contribution in [0.3, 0.4) is 0 Å². The number of morpholine rings is 1. The number of aromatic nitrogens is 2. The van der Waals surface area contributed by atoms with E-state index in [2.05, 4.69) is 11.8 Å². The van der Waals surface area contributed by atoms with Gasteiger partial charge in [-0.3, -0.25) is 9.69 Å². The summed E-state index contributed by atoms with van der Waals surface area (Å²) in [5, 5.41) is 1.06. The van der Waals surface area contributed by atoms with E-state index in [-0.39, 0.29) is 0 Å². The van der Waals surface area contributed by atoms with E-state index in [1.807, 2.05) is 12.1 Å². The second-order valence-electron chi connectivity index (χ2n) is 8.15. The number of aldehydes is 1. The lowest BCUT2D eigenvalue weighted by Crippen LogP contribution is -2.36. The van der Waals surface area contributed by atoms with E-state index in [0.29, 0.717) is 29.7 Å². The predicted molar refractivity (Wildman–Crippen MR) is 117 cm³/mol. The van der Waals surface area contributed by atoms with Gasteiger partial charge in [0.2, 0.25) is 5.88 Å². The SMILES string of the molecule is C[C@H]1CCc2c(sc3nc(CN4CCOCC4)nc(Oc4ccc(C=O)cc4)c23)C1. The zero-order valence-electron chi connectivity index (χ0n) is 17.1. The molecular formula is C23H25N3O3S. The van der Waals surface area contributed by atoms with Gasteiger partial charge in [-0.15, -0.1) is 11.3 Å². The molecule has 2 aliphatic rings. The maximum Gasteiger partial charge on any atom is 0.231 e. The third-order valence-corrected chi connectivity index (χ3v) is 7.02. The molecule has 1 atom stereocenters. The molecule has 0 amide bonds. The van der Waals surface area contributed by atoms with Crippen molar-refractivity contribution in [1.29, 1.82) is 0 Å². The van der Waals surface area contributed by atoms with Crippen molar-refractivity contribution in [1.82, 2.24) is 14.9 Å². The van der Waals surface area contributed by atoms with E-state index < -0.39 is 0 Å². The molecule has 1 saturated heterocycles. The van der Waals surface area contributed by atoms with Crippen molar-refractivity contribution in [2.24, 2.45) is 5.92 Å². The molecule has 0 unspecified atom stereocenters. The molecule has 7 heteroatoms. The van der Waals surface area contributed by atoms with Crippen LogP contribution in [0.25, 0.3) is 10.2 Å². The highest BCUT2D eigenvalue weighted by Crippen LogP contribution is 2.42. The Labute approximate surface area is 179 Å². The van der Waals surface area contributed by atoms with Crippen molar-refractivity contribution in [3.8, 4) is 11.6 Å². The third-order valence-electron chi connectivity index (χ3n) is 5.87. The minimum Gasteiger partial charge on any atom is -0.438 e. The molecule has 1 aromatic carbocycles. The second-order valence-corrected chi connectivity index (χ2v) is 9.24. The number of hydrogen-bond acceptors (Lipinski definition) is 7. The highest BCUT2D eigenvalue weighted by molar-refractivity contribution is 7.18. The summed E-state index contributed by atoms with van der Waals surface area (Å²) in [4.78, 5) is 25.5. The first-order valence-electron chi connectivity index (χ1n) is 10.5. The van der Waals surface area contributed by atoms with Crippen molar-refractivity contribution >= 4 is 27.8 Å². The number of nitrogens with zero attached hydrogens (tertiary/aromatic N) is 3. The summed E-state index contributed by atoms with van der Waals surface area (Å²) >= 11 is 1.79. The maximum absolute atomic E-state index is 11.0. The quantitative estimate of drug-likeness (QED) is 0.572. The van der Waals surface area contributed by atoms with Crippen LogP contribution in [0.5, 0.6) is 11.6 Å². The Morgan fingerprint density at radius 1 is 1.23 bits per heavy atom. The van der Waals surface area contributed by atoms with Crippen LogP contribution in [0.4, 0.5) is 0 Å². The zero-order chi connectivity index (χ0) is 20.5. The van der Waals surface area contributed by atoms with Crippen LogP contribution in [0, 0.1) is 5.92 Å². The van der Waals surface area contributed by atoms with Crippen LogP contribution in [0.2, 0.25) is 0 Å². The molecule has 0 bridgehead atoms. The Hall–Kier alpha value is -2.35. The Balaban J connectivity index is 1.54. The molecule has 0 radical (unpaired) electrons. The van der Waals surface area contributed by atoms with Crippen molar-refractivity contribution < 1.29 is 14.3 Å². The molecule has 0 saturated carbocycles. The number of rotatable bonds is 5. The summed E-state index contributed by atoms with van der Waals surface area (Å²) in [5.74, 6) is 2.80. The number of hydrogen-bond donors (Lipinski definition) is 0. The van der Waals surface area contributed by atoms with E-state index in [4.69, 9.17) is 19.4 Å². The number of carbonyl (C=O) groups excluding carboxylic acids is 1. The van der Waals surface area contributed by atoms with E-state index >= 15 is 0 Å². The molecule has 3 aromatic rings. The summed E-state index contributed by atoms with van der Waals surface area (Å²) in [6.45, 7) is 6.29. The van der Waals surface area contributed by atoms with E-state index in [1.165, 1.54) is 16.9 Å². The van der Waals surface area contributed by atoms with Crippen LogP contribution >= 0.6 is 11.3 Å². The first-order chi connectivity index (χ1) is 14.7. The van der Waals surface area contributed by atoms with Gasteiger partial charge in [0.1, 0.15) is 22.7 Å². The van der Waals surface area contributed by atoms with Gasteiger partial charge < -0.3 is 9.47 Å². The standard InChI is InChI=1S/C23H25N3O3S/c1-15-2-7-18-19(12-15)30-23-21(18)22(29-17-5-3-16(14-27)4-6-17)24-20(25-23)13-26-8-10-28-11-9-26/h3-6,14-15H,2,7-13H2,1H3/t15-/m0/s1. The molecule has 156 valence electrons. The zero-order valence-corrected chi connectivity index (χ0v) is 17.9. The first-order valence-corrected chi connectivity index (χ1v) is 11.4. The van der Waals surface area contributed by atoms with Crippen LogP contribution in [0.1, 0.15) is 40.0 Å². The molecule has 0 spiro atoms. The normalized spacial score (nSPS) is 19.6. The highest BCUT2D eigenvalue weighted by atomic mass is 32.1.